The number of azide groups is 1. The molecule has 3 aromatic rings. The van der Waals surface area contributed by atoms with Crippen LogP contribution in [0.4, 0.5) is 5.95 Å². The van der Waals surface area contributed by atoms with Crippen molar-refractivity contribution in [2.45, 2.75) is 75.5 Å². The molecular formula is C25H34N9O6P. The molecular weight excluding hydrogens is 553 g/mol. The summed E-state index contributed by atoms with van der Waals surface area (Å²) in [6.45, 7) is 1.06. The second-order valence-electron chi connectivity index (χ2n) is 10.3. The average molecular weight is 588 g/mol. The molecule has 220 valence electrons. The molecule has 41 heavy (non-hydrogen) atoms. The van der Waals surface area contributed by atoms with Crippen molar-refractivity contribution in [3.05, 3.63) is 47.1 Å². The van der Waals surface area contributed by atoms with E-state index in [0.717, 1.165) is 38.5 Å². The topological polar surface area (TPSA) is 205 Å². The molecule has 1 saturated heterocycles. The molecule has 0 spiro atoms. The lowest BCUT2D eigenvalue weighted by Gasteiger charge is -2.34. The molecule has 1 aliphatic heterocycles. The largest absolute Gasteiger partial charge is 0.479 e. The predicted octanol–water partition coefficient (Wildman–Crippen LogP) is 4.26. The number of aromatic nitrogens is 4. The first-order valence-electron chi connectivity index (χ1n) is 13.5. The van der Waals surface area contributed by atoms with Crippen LogP contribution in [0.1, 0.15) is 51.7 Å². The fraction of sp³-hybridized carbons (Fsp3) is 0.560. The van der Waals surface area contributed by atoms with Gasteiger partial charge in [0.1, 0.15) is 23.5 Å². The Hall–Kier alpha value is -3.45. The van der Waals surface area contributed by atoms with E-state index < -0.39 is 38.3 Å². The first kappa shape index (κ1) is 29.1. The molecule has 0 radical (unpaired) electrons. The van der Waals surface area contributed by atoms with Crippen LogP contribution in [0, 0.1) is 0 Å². The molecule has 0 amide bonds. The maximum absolute atomic E-state index is 14.5. The number of ether oxygens (including phenoxy) is 2. The van der Waals surface area contributed by atoms with Crippen molar-refractivity contribution in [2.24, 2.45) is 5.11 Å². The lowest BCUT2D eigenvalue weighted by atomic mass is 9.93. The lowest BCUT2D eigenvalue weighted by molar-refractivity contribution is -0.0437. The van der Waals surface area contributed by atoms with Crippen molar-refractivity contribution in [3.8, 4) is 11.6 Å². The van der Waals surface area contributed by atoms with Gasteiger partial charge < -0.3 is 24.8 Å². The normalized spacial score (nSPS) is 26.7. The molecule has 1 aliphatic carbocycles. The van der Waals surface area contributed by atoms with E-state index >= 15 is 0 Å². The first-order valence-corrected chi connectivity index (χ1v) is 15.0. The maximum atomic E-state index is 14.5. The quantitative estimate of drug-likeness (QED) is 0.100. The molecule has 5 atom stereocenters. The van der Waals surface area contributed by atoms with Crippen molar-refractivity contribution in [3.63, 3.8) is 0 Å². The van der Waals surface area contributed by atoms with E-state index in [1.165, 1.54) is 18.0 Å². The van der Waals surface area contributed by atoms with Gasteiger partial charge in [0, 0.05) is 11.0 Å². The number of benzene rings is 1. The molecule has 1 aromatic carbocycles. The van der Waals surface area contributed by atoms with E-state index in [0.29, 0.717) is 11.3 Å². The van der Waals surface area contributed by atoms with E-state index in [1.807, 2.05) is 6.07 Å². The maximum Gasteiger partial charge on any atom is 0.459 e. The van der Waals surface area contributed by atoms with Crippen molar-refractivity contribution >= 4 is 24.9 Å². The van der Waals surface area contributed by atoms with E-state index in [2.05, 4.69) is 30.1 Å². The van der Waals surface area contributed by atoms with Crippen molar-refractivity contribution in [2.75, 3.05) is 19.5 Å². The van der Waals surface area contributed by atoms with Gasteiger partial charge in [-0.3, -0.25) is 9.09 Å². The Morgan fingerprint density at radius 3 is 2.66 bits per heavy atom. The Balaban J connectivity index is 1.54. The summed E-state index contributed by atoms with van der Waals surface area (Å²) >= 11 is 0. The molecule has 3 heterocycles. The summed E-state index contributed by atoms with van der Waals surface area (Å²) in [5.41, 5.74) is 14.5. The second-order valence-corrected chi connectivity index (χ2v) is 11.9. The number of anilines is 1. The Kier molecular flexibility index (Phi) is 8.64. The minimum absolute atomic E-state index is 0.0699. The number of aliphatic hydroxyl groups excluding tert-OH is 1. The van der Waals surface area contributed by atoms with Gasteiger partial charge >= 0.3 is 7.75 Å². The molecule has 2 aliphatic rings. The zero-order chi connectivity index (χ0) is 29.0. The third-order valence-electron chi connectivity index (χ3n) is 7.43. The van der Waals surface area contributed by atoms with E-state index in [-0.39, 0.29) is 23.5 Å². The van der Waals surface area contributed by atoms with Crippen LogP contribution in [0.25, 0.3) is 21.6 Å². The molecule has 2 unspecified atom stereocenters. The minimum atomic E-state index is -4.12. The van der Waals surface area contributed by atoms with Gasteiger partial charge in [0.15, 0.2) is 17.4 Å². The molecule has 4 N–H and O–H groups in total. The third-order valence-corrected chi connectivity index (χ3v) is 9.06. The van der Waals surface area contributed by atoms with Crippen molar-refractivity contribution in [1.82, 2.24) is 24.6 Å². The number of nitrogens with two attached hydrogens (primary N) is 1. The van der Waals surface area contributed by atoms with Gasteiger partial charge in [0.05, 0.1) is 20.0 Å². The summed E-state index contributed by atoms with van der Waals surface area (Å²) in [5, 5.41) is 17.6. The van der Waals surface area contributed by atoms with Gasteiger partial charge in [-0.2, -0.15) is 9.97 Å². The second kappa shape index (κ2) is 12.2. The number of para-hydroxylation sites is 1. The molecule has 2 fully saturated rings. The van der Waals surface area contributed by atoms with Gasteiger partial charge in [-0.25, -0.2) is 14.6 Å². The number of imidazole rings is 1. The summed E-state index contributed by atoms with van der Waals surface area (Å²) < 4.78 is 39.8. The molecule has 16 heteroatoms. The summed E-state index contributed by atoms with van der Waals surface area (Å²) in [7, 11) is -2.69. The Labute approximate surface area is 236 Å². The van der Waals surface area contributed by atoms with E-state index in [1.54, 1.807) is 31.2 Å². The van der Waals surface area contributed by atoms with Gasteiger partial charge in [-0.05, 0) is 37.4 Å². The van der Waals surface area contributed by atoms with Gasteiger partial charge in [0.25, 0.3) is 0 Å². The summed E-state index contributed by atoms with van der Waals surface area (Å²) in [4.78, 5) is 15.7. The third kappa shape index (κ3) is 5.96. The number of hydrogen-bond acceptors (Lipinski definition) is 11. The Morgan fingerprint density at radius 2 is 2.00 bits per heavy atom. The number of rotatable bonds is 10. The van der Waals surface area contributed by atoms with Crippen LogP contribution < -0.4 is 20.1 Å². The van der Waals surface area contributed by atoms with Crippen LogP contribution in [-0.2, 0) is 13.8 Å². The summed E-state index contributed by atoms with van der Waals surface area (Å²) in [6, 6.07) is 8.55. The lowest BCUT2D eigenvalue weighted by Crippen LogP contribution is -2.45. The minimum Gasteiger partial charge on any atom is -0.479 e. The van der Waals surface area contributed by atoms with Gasteiger partial charge in [0.2, 0.25) is 11.8 Å². The number of nitrogens with zero attached hydrogens (tertiary/aromatic N) is 7. The zero-order valence-electron chi connectivity index (χ0n) is 22.9. The first-order chi connectivity index (χ1) is 19.8. The molecule has 5 rings (SSSR count). The van der Waals surface area contributed by atoms with Crippen molar-refractivity contribution in [1.29, 1.82) is 0 Å². The Morgan fingerprint density at radius 1 is 1.27 bits per heavy atom. The van der Waals surface area contributed by atoms with Crippen LogP contribution in [-0.4, -0.2) is 62.1 Å². The number of nitrogen functional groups attached to an aromatic ring is 1. The fourth-order valence-electron chi connectivity index (χ4n) is 5.46. The highest BCUT2D eigenvalue weighted by Gasteiger charge is 2.58. The SMILES string of the molecule is COc1nc(N)nc2c1ncn2C1O[C@H](CO)[C@@H](OP(=O)(NC2CCCCCC2)Oc2ccccc2)[C@@]1(C)N=[N+]=[N-]. The number of methoxy groups -OCH3 is 1. The number of hydrogen-bond donors (Lipinski definition) is 3. The monoisotopic (exact) mass is 587 g/mol. The standard InChI is InChI=1S/C25H34N9O6P/c1-25(32-33-27)20(18(14-35)38-23(25)34-15-28-19-21(34)29-24(26)30-22(19)37-2)40-41(36,39-17-12-8-5-9-13-17)31-16-10-6-3-4-7-11-16/h5,8-9,12-13,15-16,18,20,23,35H,3-4,6-7,10-11,14H2,1-2H3,(H,31,36)(H2,26,29,30)/t18-,20-,23?,25-,41?/m1/s1. The van der Waals surface area contributed by atoms with Gasteiger partial charge in [-0.15, -0.1) is 0 Å². The molecule has 0 bridgehead atoms. The van der Waals surface area contributed by atoms with Gasteiger partial charge in [-0.1, -0.05) is 49.0 Å². The van der Waals surface area contributed by atoms with Crippen LogP contribution in [0.3, 0.4) is 0 Å². The predicted molar refractivity (Wildman–Crippen MR) is 149 cm³/mol. The summed E-state index contributed by atoms with van der Waals surface area (Å²) in [5.74, 6) is 0.410. The zero-order valence-corrected chi connectivity index (χ0v) is 23.8. The van der Waals surface area contributed by atoms with Crippen LogP contribution in [0.15, 0.2) is 41.8 Å². The number of nitrogens with one attached hydrogen (secondary N) is 1. The molecule has 1 saturated carbocycles. The molecule has 2 aromatic heterocycles. The Bertz CT molecular complexity index is 1440. The fourth-order valence-corrected chi connectivity index (χ4v) is 7.36. The van der Waals surface area contributed by atoms with Crippen LogP contribution >= 0.6 is 7.75 Å². The molecule has 15 nitrogen and oxygen atoms in total. The highest BCUT2D eigenvalue weighted by molar-refractivity contribution is 7.52. The van der Waals surface area contributed by atoms with E-state index in [4.69, 9.17) is 24.3 Å². The summed E-state index contributed by atoms with van der Waals surface area (Å²) in [6.07, 6.45) is 3.82. The number of fused-ring (bicyclic) bond motifs is 1. The average Bonchev–Trinajstić information content (AvgIpc) is 3.35. The smallest absolute Gasteiger partial charge is 0.459 e. The van der Waals surface area contributed by atoms with E-state index in [9.17, 15) is 15.2 Å². The van der Waals surface area contributed by atoms with Crippen molar-refractivity contribution < 1.29 is 28.2 Å². The van der Waals surface area contributed by atoms with Crippen LogP contribution in [0.5, 0.6) is 11.6 Å². The van der Waals surface area contributed by atoms with Crippen LogP contribution in [0.2, 0.25) is 0 Å². The highest BCUT2D eigenvalue weighted by atomic mass is 31.2. The number of aliphatic hydroxyl groups is 1. The highest BCUT2D eigenvalue weighted by Crippen LogP contribution is 2.54.